The molecule has 1 saturated heterocycles. The van der Waals surface area contributed by atoms with Gasteiger partial charge in [-0.3, -0.25) is 0 Å². The van der Waals surface area contributed by atoms with E-state index in [9.17, 15) is 5.11 Å². The Labute approximate surface area is 70.4 Å². The molecule has 1 aromatic heterocycles. The van der Waals surface area contributed by atoms with Crippen LogP contribution < -0.4 is 5.32 Å². The molecule has 5 nitrogen and oxygen atoms in total. The molecule has 0 spiro atoms. The lowest BCUT2D eigenvalue weighted by Gasteiger charge is -2.20. The van der Waals surface area contributed by atoms with E-state index in [2.05, 4.69) is 15.6 Å². The van der Waals surface area contributed by atoms with Gasteiger partial charge in [0.2, 0.25) is 0 Å². The van der Waals surface area contributed by atoms with Crippen molar-refractivity contribution in [1.82, 2.24) is 20.3 Å². The van der Waals surface area contributed by atoms with E-state index in [1.54, 1.807) is 17.1 Å². The van der Waals surface area contributed by atoms with Gasteiger partial charge in [0, 0.05) is 12.7 Å². The lowest BCUT2D eigenvalue weighted by atomic mass is 10.0. The predicted molar refractivity (Wildman–Crippen MR) is 42.5 cm³/mol. The van der Waals surface area contributed by atoms with Crippen LogP contribution in [0.2, 0.25) is 0 Å². The summed E-state index contributed by atoms with van der Waals surface area (Å²) in [6.45, 7) is 2.05. The summed E-state index contributed by atoms with van der Waals surface area (Å²) in [5.41, 5.74) is -0.631. The maximum absolute atomic E-state index is 9.91. The third kappa shape index (κ3) is 1.46. The van der Waals surface area contributed by atoms with Gasteiger partial charge in [-0.2, -0.15) is 0 Å². The molecular weight excluding hydrogens is 156 g/mol. The number of nitrogens with one attached hydrogen (secondary N) is 1. The van der Waals surface area contributed by atoms with E-state index in [4.69, 9.17) is 0 Å². The maximum atomic E-state index is 9.91. The molecule has 0 bridgehead atoms. The second kappa shape index (κ2) is 2.84. The Hall–Kier alpha value is -0.940. The zero-order valence-electron chi connectivity index (χ0n) is 6.77. The molecule has 1 atom stereocenters. The standard InChI is InChI=1S/C7H12N4O/c12-7(1-2-8-5-7)6-11-4-3-9-10-11/h3-4,8,12H,1-2,5-6H2/t7-/m1/s1. The van der Waals surface area contributed by atoms with E-state index in [1.165, 1.54) is 0 Å². The molecule has 2 heterocycles. The van der Waals surface area contributed by atoms with Crippen LogP contribution in [-0.4, -0.2) is 38.8 Å². The Morgan fingerprint density at radius 3 is 3.17 bits per heavy atom. The van der Waals surface area contributed by atoms with Gasteiger partial charge in [-0.1, -0.05) is 5.21 Å². The van der Waals surface area contributed by atoms with E-state index < -0.39 is 5.60 Å². The number of hydrogen-bond acceptors (Lipinski definition) is 4. The number of rotatable bonds is 2. The SMILES string of the molecule is O[C@]1(Cn2ccnn2)CCNC1. The fraction of sp³-hybridized carbons (Fsp3) is 0.714. The Bertz CT molecular complexity index is 240. The molecule has 5 heteroatoms. The van der Waals surface area contributed by atoms with Crippen LogP contribution >= 0.6 is 0 Å². The summed E-state index contributed by atoms with van der Waals surface area (Å²) in [4.78, 5) is 0. The molecule has 1 aliphatic heterocycles. The van der Waals surface area contributed by atoms with Crippen molar-refractivity contribution in [3.63, 3.8) is 0 Å². The minimum absolute atomic E-state index is 0.528. The van der Waals surface area contributed by atoms with E-state index in [0.717, 1.165) is 13.0 Å². The predicted octanol–water partition coefficient (Wildman–Crippen LogP) is -0.998. The summed E-state index contributed by atoms with van der Waals surface area (Å²) in [5.74, 6) is 0. The van der Waals surface area contributed by atoms with Gasteiger partial charge in [0.25, 0.3) is 0 Å². The first-order valence-corrected chi connectivity index (χ1v) is 4.06. The molecule has 0 amide bonds. The lowest BCUT2D eigenvalue weighted by Crippen LogP contribution is -2.36. The van der Waals surface area contributed by atoms with Crippen molar-refractivity contribution in [3.05, 3.63) is 12.4 Å². The van der Waals surface area contributed by atoms with Crippen LogP contribution in [-0.2, 0) is 6.54 Å². The molecule has 1 fully saturated rings. The Morgan fingerprint density at radius 2 is 2.58 bits per heavy atom. The summed E-state index contributed by atoms with van der Waals surface area (Å²) >= 11 is 0. The first-order chi connectivity index (χ1) is 5.79. The van der Waals surface area contributed by atoms with Crippen molar-refractivity contribution in [2.75, 3.05) is 13.1 Å². The Balaban J connectivity index is 2.02. The van der Waals surface area contributed by atoms with Crippen molar-refractivity contribution < 1.29 is 5.11 Å². The van der Waals surface area contributed by atoms with E-state index in [1.807, 2.05) is 0 Å². The number of aromatic nitrogens is 3. The maximum Gasteiger partial charge on any atom is 0.0978 e. The van der Waals surface area contributed by atoms with Crippen LogP contribution in [0.5, 0.6) is 0 Å². The molecule has 1 aromatic rings. The smallest absolute Gasteiger partial charge is 0.0978 e. The van der Waals surface area contributed by atoms with Crippen molar-refractivity contribution in [2.24, 2.45) is 0 Å². The highest BCUT2D eigenvalue weighted by Crippen LogP contribution is 2.15. The van der Waals surface area contributed by atoms with Crippen LogP contribution in [0.15, 0.2) is 12.4 Å². The van der Waals surface area contributed by atoms with Crippen molar-refractivity contribution in [2.45, 2.75) is 18.6 Å². The van der Waals surface area contributed by atoms with Gasteiger partial charge in [-0.15, -0.1) is 5.10 Å². The highest BCUT2D eigenvalue weighted by Gasteiger charge is 2.31. The molecule has 2 rings (SSSR count). The molecule has 1 aliphatic rings. The first kappa shape index (κ1) is 7.70. The van der Waals surface area contributed by atoms with E-state index in [0.29, 0.717) is 13.1 Å². The number of aliphatic hydroxyl groups is 1. The molecule has 66 valence electrons. The largest absolute Gasteiger partial charge is 0.387 e. The molecular formula is C7H12N4O. The highest BCUT2D eigenvalue weighted by molar-refractivity contribution is 4.87. The van der Waals surface area contributed by atoms with Gasteiger partial charge < -0.3 is 10.4 Å². The first-order valence-electron chi connectivity index (χ1n) is 4.06. The van der Waals surface area contributed by atoms with Gasteiger partial charge in [0.1, 0.15) is 0 Å². The quantitative estimate of drug-likeness (QED) is 0.594. The number of hydrogen-bond donors (Lipinski definition) is 2. The van der Waals surface area contributed by atoms with Gasteiger partial charge in [0.15, 0.2) is 0 Å². The molecule has 0 aliphatic carbocycles. The summed E-state index contributed by atoms with van der Waals surface area (Å²) in [7, 11) is 0. The molecule has 0 saturated carbocycles. The summed E-state index contributed by atoms with van der Waals surface area (Å²) in [6.07, 6.45) is 4.16. The Kier molecular flexibility index (Phi) is 1.82. The van der Waals surface area contributed by atoms with E-state index in [-0.39, 0.29) is 0 Å². The average molecular weight is 168 g/mol. The molecule has 0 aromatic carbocycles. The van der Waals surface area contributed by atoms with Gasteiger partial charge in [0.05, 0.1) is 18.3 Å². The van der Waals surface area contributed by atoms with Crippen molar-refractivity contribution in [3.8, 4) is 0 Å². The monoisotopic (exact) mass is 168 g/mol. The highest BCUT2D eigenvalue weighted by atomic mass is 16.3. The van der Waals surface area contributed by atoms with Gasteiger partial charge >= 0.3 is 0 Å². The lowest BCUT2D eigenvalue weighted by molar-refractivity contribution is 0.0391. The summed E-state index contributed by atoms with van der Waals surface area (Å²) < 4.78 is 1.66. The molecule has 0 unspecified atom stereocenters. The minimum Gasteiger partial charge on any atom is -0.387 e. The van der Waals surface area contributed by atoms with Crippen LogP contribution in [0.4, 0.5) is 0 Å². The van der Waals surface area contributed by atoms with Crippen molar-refractivity contribution in [1.29, 1.82) is 0 Å². The minimum atomic E-state index is -0.631. The van der Waals surface area contributed by atoms with Crippen LogP contribution in [0.25, 0.3) is 0 Å². The third-order valence-electron chi connectivity index (χ3n) is 2.15. The number of β-amino-alcohol motifs (C(OH)–C–C–N with tert-alkyl or cyclic N) is 1. The third-order valence-corrected chi connectivity index (χ3v) is 2.15. The fourth-order valence-electron chi connectivity index (χ4n) is 1.48. The van der Waals surface area contributed by atoms with Crippen LogP contribution in [0, 0.1) is 0 Å². The van der Waals surface area contributed by atoms with E-state index >= 15 is 0 Å². The van der Waals surface area contributed by atoms with Crippen LogP contribution in [0.3, 0.4) is 0 Å². The summed E-state index contributed by atoms with van der Waals surface area (Å²) in [6, 6.07) is 0. The zero-order valence-corrected chi connectivity index (χ0v) is 6.77. The zero-order chi connectivity index (χ0) is 8.44. The second-order valence-corrected chi connectivity index (χ2v) is 3.25. The van der Waals surface area contributed by atoms with Crippen molar-refractivity contribution >= 4 is 0 Å². The molecule has 0 radical (unpaired) electrons. The van der Waals surface area contributed by atoms with Gasteiger partial charge in [-0.25, -0.2) is 4.68 Å². The second-order valence-electron chi connectivity index (χ2n) is 3.25. The molecule has 12 heavy (non-hydrogen) atoms. The number of nitrogens with zero attached hydrogens (tertiary/aromatic N) is 3. The Morgan fingerprint density at radius 1 is 1.67 bits per heavy atom. The fourth-order valence-corrected chi connectivity index (χ4v) is 1.48. The van der Waals surface area contributed by atoms with Crippen LogP contribution in [0.1, 0.15) is 6.42 Å². The average Bonchev–Trinajstić information content (AvgIpc) is 2.62. The molecule has 2 N–H and O–H groups in total. The summed E-state index contributed by atoms with van der Waals surface area (Å²) in [5, 5.41) is 20.5. The van der Waals surface area contributed by atoms with Gasteiger partial charge in [-0.05, 0) is 13.0 Å². The topological polar surface area (TPSA) is 63.0 Å². The normalized spacial score (nSPS) is 29.4.